The van der Waals surface area contributed by atoms with E-state index in [0.29, 0.717) is 13.1 Å². The molecule has 0 radical (unpaired) electrons. The van der Waals surface area contributed by atoms with E-state index in [1.54, 1.807) is 16.3 Å². The van der Waals surface area contributed by atoms with Crippen LogP contribution in [0.25, 0.3) is 0 Å². The fourth-order valence-electron chi connectivity index (χ4n) is 2.20. The van der Waals surface area contributed by atoms with Gasteiger partial charge in [-0.1, -0.05) is 60.7 Å². The number of carbonyl (C=O) groups is 1. The third-order valence-corrected chi connectivity index (χ3v) is 4.71. The Morgan fingerprint density at radius 2 is 1.50 bits per heavy atom. The molecule has 116 valence electrons. The van der Waals surface area contributed by atoms with Crippen LogP contribution in [0.4, 0.5) is 4.79 Å². The van der Waals surface area contributed by atoms with Crippen LogP contribution in [0.3, 0.4) is 0 Å². The minimum absolute atomic E-state index is 0.0353. The summed E-state index contributed by atoms with van der Waals surface area (Å²) in [6.07, 6.45) is 0. The molecule has 0 aromatic heterocycles. The Balaban J connectivity index is 2.27. The Bertz CT molecular complexity index is 535. The van der Waals surface area contributed by atoms with Gasteiger partial charge in [0.1, 0.15) is 0 Å². The fraction of sp³-hybridized carbons (Fsp3) is 0.278. The molecule has 2 aromatic rings. The average molecular weight is 314 g/mol. The summed E-state index contributed by atoms with van der Waals surface area (Å²) in [5.74, 6) is 0. The summed E-state index contributed by atoms with van der Waals surface area (Å²) in [6.45, 7) is 5.22. The summed E-state index contributed by atoms with van der Waals surface area (Å²) in [4.78, 5) is 12.2. The van der Waals surface area contributed by atoms with Crippen LogP contribution >= 0.6 is 11.9 Å². The molecule has 4 heteroatoms. The maximum atomic E-state index is 12.2. The minimum atomic E-state index is -0.0353. The number of hydrogen-bond donors (Lipinski definition) is 1. The number of benzene rings is 2. The topological polar surface area (TPSA) is 32.3 Å². The van der Waals surface area contributed by atoms with Crippen molar-refractivity contribution in [1.29, 1.82) is 0 Å². The zero-order valence-corrected chi connectivity index (χ0v) is 13.8. The minimum Gasteiger partial charge on any atom is -0.338 e. The van der Waals surface area contributed by atoms with Gasteiger partial charge in [0.2, 0.25) is 0 Å². The second kappa shape index (κ2) is 8.49. The van der Waals surface area contributed by atoms with Gasteiger partial charge < -0.3 is 5.32 Å². The van der Waals surface area contributed by atoms with E-state index in [0.717, 1.165) is 0 Å². The van der Waals surface area contributed by atoms with Crippen LogP contribution in [-0.4, -0.2) is 23.4 Å². The van der Waals surface area contributed by atoms with Crippen molar-refractivity contribution in [2.45, 2.75) is 19.1 Å². The predicted molar refractivity (Wildman–Crippen MR) is 93.8 cm³/mol. The van der Waals surface area contributed by atoms with E-state index in [-0.39, 0.29) is 11.3 Å². The van der Waals surface area contributed by atoms with Crippen LogP contribution in [0.1, 0.15) is 30.2 Å². The average Bonchev–Trinajstić information content (AvgIpc) is 2.57. The first-order valence-electron chi connectivity index (χ1n) is 7.58. The third kappa shape index (κ3) is 4.28. The van der Waals surface area contributed by atoms with Gasteiger partial charge in [0.05, 0.1) is 5.25 Å². The largest absolute Gasteiger partial charge is 0.338 e. The molecule has 0 atom stereocenters. The van der Waals surface area contributed by atoms with Gasteiger partial charge in [-0.15, -0.1) is 0 Å². The van der Waals surface area contributed by atoms with Crippen molar-refractivity contribution in [1.82, 2.24) is 9.62 Å². The first-order chi connectivity index (χ1) is 10.8. The third-order valence-electron chi connectivity index (χ3n) is 3.28. The van der Waals surface area contributed by atoms with Crippen molar-refractivity contribution in [3.05, 3.63) is 71.8 Å². The Morgan fingerprint density at radius 1 is 1.00 bits per heavy atom. The Kier molecular flexibility index (Phi) is 6.34. The molecule has 3 nitrogen and oxygen atoms in total. The van der Waals surface area contributed by atoms with Crippen LogP contribution in [0, 0.1) is 0 Å². The molecule has 2 amide bonds. The summed E-state index contributed by atoms with van der Waals surface area (Å²) in [5, 5.41) is 2.97. The van der Waals surface area contributed by atoms with Crippen molar-refractivity contribution < 1.29 is 4.79 Å². The highest BCUT2D eigenvalue weighted by atomic mass is 32.2. The second-order valence-corrected chi connectivity index (χ2v) is 5.96. The van der Waals surface area contributed by atoms with Gasteiger partial charge in [-0.25, -0.2) is 4.79 Å². The molecule has 22 heavy (non-hydrogen) atoms. The van der Waals surface area contributed by atoms with E-state index < -0.39 is 0 Å². The fourth-order valence-corrected chi connectivity index (χ4v) is 3.32. The first-order valence-corrected chi connectivity index (χ1v) is 8.42. The zero-order chi connectivity index (χ0) is 15.8. The molecule has 0 unspecified atom stereocenters. The van der Waals surface area contributed by atoms with Gasteiger partial charge in [0.25, 0.3) is 0 Å². The molecule has 0 aliphatic carbocycles. The molecule has 1 N–H and O–H groups in total. The van der Waals surface area contributed by atoms with Gasteiger partial charge in [-0.05, 0) is 36.9 Å². The number of hydrogen-bond acceptors (Lipinski definition) is 2. The molecule has 0 heterocycles. The van der Waals surface area contributed by atoms with Crippen LogP contribution in [0.5, 0.6) is 0 Å². The molecule has 0 saturated heterocycles. The molecule has 0 bridgehead atoms. The quantitative estimate of drug-likeness (QED) is 0.798. The Morgan fingerprint density at radius 3 is 1.91 bits per heavy atom. The SMILES string of the molecule is CCNC(=O)N(CC)SC(c1ccccc1)c1ccccc1. The van der Waals surface area contributed by atoms with Crippen LogP contribution in [0.15, 0.2) is 60.7 Å². The number of nitrogens with zero attached hydrogens (tertiary/aromatic N) is 1. The van der Waals surface area contributed by atoms with Crippen LogP contribution in [-0.2, 0) is 0 Å². The molecule has 2 aromatic carbocycles. The van der Waals surface area contributed by atoms with E-state index >= 15 is 0 Å². The summed E-state index contributed by atoms with van der Waals surface area (Å²) in [7, 11) is 0. The summed E-state index contributed by atoms with van der Waals surface area (Å²) in [6, 6.07) is 20.6. The predicted octanol–water partition coefficient (Wildman–Crippen LogP) is 4.48. The molecule has 0 aliphatic rings. The first kappa shape index (κ1) is 16.4. The second-order valence-electron chi connectivity index (χ2n) is 4.84. The van der Waals surface area contributed by atoms with Crippen LogP contribution < -0.4 is 5.32 Å². The Hall–Kier alpha value is -1.94. The number of nitrogens with one attached hydrogen (secondary N) is 1. The zero-order valence-electron chi connectivity index (χ0n) is 13.0. The highest BCUT2D eigenvalue weighted by Crippen LogP contribution is 2.37. The summed E-state index contributed by atoms with van der Waals surface area (Å²) >= 11 is 1.57. The Labute approximate surface area is 136 Å². The lowest BCUT2D eigenvalue weighted by atomic mass is 10.0. The molecule has 0 spiro atoms. The van der Waals surface area contributed by atoms with Gasteiger partial charge in [-0.3, -0.25) is 4.31 Å². The number of urea groups is 1. The van der Waals surface area contributed by atoms with Crippen molar-refractivity contribution >= 4 is 18.0 Å². The maximum absolute atomic E-state index is 12.2. The van der Waals surface area contributed by atoms with Crippen molar-refractivity contribution in [3.63, 3.8) is 0 Å². The lowest BCUT2D eigenvalue weighted by Gasteiger charge is -2.26. The van der Waals surface area contributed by atoms with E-state index in [4.69, 9.17) is 0 Å². The van der Waals surface area contributed by atoms with Gasteiger partial charge in [0.15, 0.2) is 0 Å². The highest BCUT2D eigenvalue weighted by molar-refractivity contribution is 7.97. The summed E-state index contributed by atoms with van der Waals surface area (Å²) < 4.78 is 1.79. The lowest BCUT2D eigenvalue weighted by Crippen LogP contribution is -2.35. The highest BCUT2D eigenvalue weighted by Gasteiger charge is 2.21. The van der Waals surface area contributed by atoms with E-state index in [9.17, 15) is 4.79 Å². The monoisotopic (exact) mass is 314 g/mol. The number of rotatable bonds is 6. The lowest BCUT2D eigenvalue weighted by molar-refractivity contribution is 0.227. The van der Waals surface area contributed by atoms with E-state index in [1.165, 1.54) is 11.1 Å². The molecule has 0 saturated carbocycles. The molecule has 0 aliphatic heterocycles. The molecular formula is C18H22N2OS. The van der Waals surface area contributed by atoms with Crippen molar-refractivity contribution in [2.24, 2.45) is 0 Å². The van der Waals surface area contributed by atoms with Gasteiger partial charge >= 0.3 is 6.03 Å². The van der Waals surface area contributed by atoms with E-state index in [1.807, 2.05) is 50.2 Å². The number of amides is 2. The van der Waals surface area contributed by atoms with E-state index in [2.05, 4.69) is 29.6 Å². The normalized spacial score (nSPS) is 10.5. The van der Waals surface area contributed by atoms with Crippen molar-refractivity contribution in [2.75, 3.05) is 13.1 Å². The smallest absolute Gasteiger partial charge is 0.327 e. The van der Waals surface area contributed by atoms with Gasteiger partial charge in [-0.2, -0.15) is 0 Å². The number of carbonyl (C=O) groups excluding carboxylic acids is 1. The maximum Gasteiger partial charge on any atom is 0.327 e. The summed E-state index contributed by atoms with van der Waals surface area (Å²) in [5.41, 5.74) is 2.39. The molecule has 0 fully saturated rings. The molecular weight excluding hydrogens is 292 g/mol. The van der Waals surface area contributed by atoms with Crippen molar-refractivity contribution in [3.8, 4) is 0 Å². The molecule has 2 rings (SSSR count). The van der Waals surface area contributed by atoms with Crippen LogP contribution in [0.2, 0.25) is 0 Å². The standard InChI is InChI=1S/C18H22N2OS/c1-3-19-18(21)20(4-2)22-17(15-11-7-5-8-12-15)16-13-9-6-10-14-16/h5-14,17H,3-4H2,1-2H3,(H,19,21). The van der Waals surface area contributed by atoms with Gasteiger partial charge in [0, 0.05) is 13.1 Å².